The van der Waals surface area contributed by atoms with Gasteiger partial charge in [-0.3, -0.25) is 0 Å². The van der Waals surface area contributed by atoms with Crippen LogP contribution in [-0.4, -0.2) is 33.0 Å². The second-order valence-electron chi connectivity index (χ2n) is 0.707. The van der Waals surface area contributed by atoms with Crippen LogP contribution in [-0.2, 0) is 0 Å². The Kier molecular flexibility index (Phi) is 19.9. The Balaban J connectivity index is 0. The van der Waals surface area contributed by atoms with Gasteiger partial charge in [-0.05, 0) is 0 Å². The van der Waals surface area contributed by atoms with E-state index in [-0.39, 0.29) is 33.0 Å². The van der Waals surface area contributed by atoms with Gasteiger partial charge in [-0.15, -0.1) is 0 Å². The summed E-state index contributed by atoms with van der Waals surface area (Å²) in [6.45, 7) is 0. The van der Waals surface area contributed by atoms with Crippen LogP contribution in [0.2, 0.25) is 11.5 Å². The predicted octanol–water partition coefficient (Wildman–Crippen LogP) is -0.933. The molecule has 0 saturated carbocycles. The molecule has 0 unspecified atom stereocenters. The third-order valence-corrected chi connectivity index (χ3v) is 0. The van der Waals surface area contributed by atoms with Crippen LogP contribution in [0.5, 0.6) is 0 Å². The Morgan fingerprint density at radius 3 is 1.25 bits per heavy atom. The van der Waals surface area contributed by atoms with E-state index in [0.29, 0.717) is 0 Å². The molecular formula is C2H11Ge2. The van der Waals surface area contributed by atoms with Crippen LogP contribution in [0, 0.1) is 0 Å². The van der Waals surface area contributed by atoms with Gasteiger partial charge in [0.25, 0.3) is 0 Å². The molecule has 0 aromatic rings. The topological polar surface area (TPSA) is 0 Å². The third-order valence-electron chi connectivity index (χ3n) is 0. The first-order chi connectivity index (χ1) is 1.41. The van der Waals surface area contributed by atoms with Crippen molar-refractivity contribution >= 4 is 33.0 Å². The summed E-state index contributed by atoms with van der Waals surface area (Å²) in [5.74, 6) is 4.62. The molecule has 0 heterocycles. The van der Waals surface area contributed by atoms with Crippen molar-refractivity contribution in [3.8, 4) is 0 Å². The first-order valence-corrected chi connectivity index (χ1v) is 7.35. The summed E-state index contributed by atoms with van der Waals surface area (Å²) in [5.41, 5.74) is 0. The first kappa shape index (κ1) is 8.92. The molecule has 27 valence electrons. The van der Waals surface area contributed by atoms with E-state index in [0.717, 1.165) is 0 Å². The molecular weight excluding hydrogens is 169 g/mol. The maximum atomic E-state index is 2.31. The minimum atomic E-state index is 0. The fraction of sp³-hybridized carbons (Fsp3) is 1.00. The zero-order valence-electron chi connectivity index (χ0n) is 3.71. The van der Waals surface area contributed by atoms with Gasteiger partial charge >= 0.3 is 44.5 Å². The molecule has 0 aliphatic heterocycles. The van der Waals surface area contributed by atoms with Crippen molar-refractivity contribution in [3.63, 3.8) is 0 Å². The van der Waals surface area contributed by atoms with E-state index < -0.39 is 0 Å². The predicted molar refractivity (Wildman–Crippen MR) is 30.2 cm³/mol. The molecule has 4 heavy (non-hydrogen) atoms. The second-order valence-corrected chi connectivity index (χ2v) is 3.67. The Labute approximate surface area is 44.8 Å². The number of rotatable bonds is 0. The summed E-state index contributed by atoms with van der Waals surface area (Å²) in [5, 5.41) is 0. The Morgan fingerprint density at radius 2 is 1.25 bits per heavy atom. The average molecular weight is 180 g/mol. The van der Waals surface area contributed by atoms with Crippen LogP contribution in [0.25, 0.3) is 0 Å². The fourth-order valence-corrected chi connectivity index (χ4v) is 0. The minimum absolute atomic E-state index is 0. The summed E-state index contributed by atoms with van der Waals surface area (Å²) < 4.78 is 0. The molecule has 0 fully saturated rings. The molecule has 0 aliphatic rings. The van der Waals surface area contributed by atoms with Crippen molar-refractivity contribution in [2.75, 3.05) is 0 Å². The molecule has 0 atom stereocenters. The van der Waals surface area contributed by atoms with Gasteiger partial charge in [-0.1, -0.05) is 0 Å². The van der Waals surface area contributed by atoms with E-state index in [1.54, 1.807) is 0 Å². The van der Waals surface area contributed by atoms with Gasteiger partial charge in [0.2, 0.25) is 0 Å². The van der Waals surface area contributed by atoms with Crippen molar-refractivity contribution in [1.29, 1.82) is 0 Å². The van der Waals surface area contributed by atoms with E-state index in [9.17, 15) is 0 Å². The van der Waals surface area contributed by atoms with Gasteiger partial charge in [-0.25, -0.2) is 0 Å². The molecule has 0 aliphatic carbocycles. The van der Waals surface area contributed by atoms with E-state index in [1.165, 1.54) is 0 Å². The summed E-state index contributed by atoms with van der Waals surface area (Å²) >= 11 is 0.125. The first-order valence-electron chi connectivity index (χ1n) is 1.41. The molecule has 0 spiro atoms. The van der Waals surface area contributed by atoms with Crippen molar-refractivity contribution < 1.29 is 0 Å². The summed E-state index contributed by atoms with van der Waals surface area (Å²) in [4.78, 5) is 0. The number of hydrogen-bond acceptors (Lipinski definition) is 0. The molecule has 0 amide bonds. The molecule has 0 nitrogen and oxygen atoms in total. The fourth-order valence-electron chi connectivity index (χ4n) is 0. The molecule has 0 rings (SSSR count). The van der Waals surface area contributed by atoms with Crippen LogP contribution in [0.3, 0.4) is 0 Å². The quantitative estimate of drug-likeness (QED) is 0.423. The molecule has 0 bridgehead atoms. The molecule has 1 radical (unpaired) electrons. The van der Waals surface area contributed by atoms with Gasteiger partial charge < -0.3 is 0 Å². The van der Waals surface area contributed by atoms with Crippen LogP contribution < -0.4 is 0 Å². The standard InChI is InChI=1S/C2H8Ge.GeH3/c1-3-2;/h3H2,1-2H3;1H3. The van der Waals surface area contributed by atoms with Crippen LogP contribution in [0.15, 0.2) is 0 Å². The zero-order chi connectivity index (χ0) is 2.71. The molecule has 0 aromatic carbocycles. The molecule has 2 heteroatoms. The zero-order valence-corrected chi connectivity index (χ0v) is 10.9. The van der Waals surface area contributed by atoms with Gasteiger partial charge in [0.1, 0.15) is 0 Å². The van der Waals surface area contributed by atoms with E-state index >= 15 is 0 Å². The molecule has 0 aromatic heterocycles. The summed E-state index contributed by atoms with van der Waals surface area (Å²) in [7, 11) is 0. The van der Waals surface area contributed by atoms with Crippen molar-refractivity contribution in [1.82, 2.24) is 0 Å². The molecule has 0 saturated heterocycles. The summed E-state index contributed by atoms with van der Waals surface area (Å²) in [6.07, 6.45) is 0. The van der Waals surface area contributed by atoms with E-state index in [2.05, 4.69) is 11.5 Å². The monoisotopic (exact) mass is 183 g/mol. The number of hydrogen-bond donors (Lipinski definition) is 0. The van der Waals surface area contributed by atoms with Gasteiger partial charge in [0, 0.05) is 0 Å². The Bertz CT molecular complexity index is 4.00. The van der Waals surface area contributed by atoms with Crippen LogP contribution in [0.1, 0.15) is 0 Å². The van der Waals surface area contributed by atoms with Gasteiger partial charge in [0.15, 0.2) is 0 Å². The van der Waals surface area contributed by atoms with Crippen molar-refractivity contribution in [3.05, 3.63) is 0 Å². The molecule has 0 N–H and O–H groups in total. The van der Waals surface area contributed by atoms with Gasteiger partial charge in [-0.2, -0.15) is 0 Å². The SMILES string of the molecule is [CH3][GeH2][CH3].[GeH3]. The average Bonchev–Trinajstić information content (AvgIpc) is 0.918. The van der Waals surface area contributed by atoms with Gasteiger partial charge in [0.05, 0.1) is 0 Å². The van der Waals surface area contributed by atoms with E-state index in [4.69, 9.17) is 0 Å². The Hall–Kier alpha value is 1.09. The third kappa shape index (κ3) is 11.4. The van der Waals surface area contributed by atoms with Crippen LogP contribution >= 0.6 is 0 Å². The van der Waals surface area contributed by atoms with Crippen molar-refractivity contribution in [2.45, 2.75) is 11.5 Å². The maximum absolute atomic E-state index is 2.31. The van der Waals surface area contributed by atoms with Crippen LogP contribution in [0.4, 0.5) is 0 Å². The second kappa shape index (κ2) is 8.94. The normalized spacial score (nSPS) is 4.50. The van der Waals surface area contributed by atoms with Crippen molar-refractivity contribution in [2.24, 2.45) is 0 Å². The Morgan fingerprint density at radius 1 is 1.25 bits per heavy atom. The summed E-state index contributed by atoms with van der Waals surface area (Å²) in [6, 6.07) is 0. The van der Waals surface area contributed by atoms with E-state index in [1.807, 2.05) is 0 Å².